The number of hydrogen-bond acceptors (Lipinski definition) is 2. The van der Waals surface area contributed by atoms with Gasteiger partial charge in [0.15, 0.2) is 0 Å². The normalized spacial score (nSPS) is 28.3. The smallest absolute Gasteiger partial charge is 0.130 e. The third-order valence-electron chi connectivity index (χ3n) is 4.25. The SMILES string of the molecule is [B]C1(F)CCC(C(C)C)CCc2c1nnn2C(C)C. The molecule has 1 heterocycles. The fourth-order valence-electron chi connectivity index (χ4n) is 2.93. The largest absolute Gasteiger partial charge is 0.248 e. The summed E-state index contributed by atoms with van der Waals surface area (Å²) in [6.45, 7) is 8.46. The van der Waals surface area contributed by atoms with Gasteiger partial charge in [-0.05, 0) is 51.4 Å². The Labute approximate surface area is 116 Å². The van der Waals surface area contributed by atoms with Crippen molar-refractivity contribution >= 4 is 7.85 Å². The van der Waals surface area contributed by atoms with Crippen LogP contribution in [0.15, 0.2) is 0 Å². The molecule has 0 saturated carbocycles. The lowest BCUT2D eigenvalue weighted by Crippen LogP contribution is -2.28. The van der Waals surface area contributed by atoms with E-state index in [0.29, 0.717) is 24.0 Å². The molecule has 1 aromatic heterocycles. The van der Waals surface area contributed by atoms with Gasteiger partial charge in [0.1, 0.15) is 19.1 Å². The lowest BCUT2D eigenvalue weighted by Gasteiger charge is -2.29. The second kappa shape index (κ2) is 5.26. The second-order valence-corrected chi connectivity index (χ2v) is 6.37. The first-order valence-corrected chi connectivity index (χ1v) is 7.25. The Morgan fingerprint density at radius 1 is 1.32 bits per heavy atom. The molecule has 5 heteroatoms. The van der Waals surface area contributed by atoms with Crippen molar-refractivity contribution in [1.82, 2.24) is 15.0 Å². The van der Waals surface area contributed by atoms with E-state index in [9.17, 15) is 4.39 Å². The number of aromatic nitrogens is 3. The molecule has 0 spiro atoms. The third kappa shape index (κ3) is 2.85. The first kappa shape index (κ1) is 14.5. The monoisotopic (exact) mass is 263 g/mol. The van der Waals surface area contributed by atoms with Crippen LogP contribution in [-0.4, -0.2) is 22.8 Å². The van der Waals surface area contributed by atoms with Gasteiger partial charge >= 0.3 is 0 Å². The summed E-state index contributed by atoms with van der Waals surface area (Å²) in [5.41, 5.74) is -0.607. The van der Waals surface area contributed by atoms with Crippen LogP contribution < -0.4 is 0 Å². The highest BCUT2D eigenvalue weighted by molar-refractivity contribution is 6.14. The van der Waals surface area contributed by atoms with Crippen molar-refractivity contribution in [2.24, 2.45) is 11.8 Å². The van der Waals surface area contributed by atoms with E-state index >= 15 is 0 Å². The fourth-order valence-corrected chi connectivity index (χ4v) is 2.93. The van der Waals surface area contributed by atoms with Crippen LogP contribution in [0.4, 0.5) is 4.39 Å². The van der Waals surface area contributed by atoms with Crippen LogP contribution in [0.5, 0.6) is 0 Å². The molecule has 0 amide bonds. The van der Waals surface area contributed by atoms with E-state index in [1.165, 1.54) is 0 Å². The Morgan fingerprint density at radius 3 is 2.58 bits per heavy atom. The maximum Gasteiger partial charge on any atom is 0.130 e. The first-order valence-electron chi connectivity index (χ1n) is 7.25. The quantitative estimate of drug-likeness (QED) is 0.767. The molecule has 19 heavy (non-hydrogen) atoms. The van der Waals surface area contributed by atoms with E-state index < -0.39 is 5.57 Å². The number of fused-ring (bicyclic) bond motifs is 1. The zero-order chi connectivity index (χ0) is 14.2. The molecule has 0 saturated heterocycles. The Hall–Kier alpha value is -0.865. The molecular weight excluding hydrogens is 240 g/mol. The van der Waals surface area contributed by atoms with Gasteiger partial charge in [-0.2, -0.15) is 0 Å². The number of halogens is 1. The molecule has 0 fully saturated rings. The molecule has 2 radical (unpaired) electrons. The van der Waals surface area contributed by atoms with Crippen molar-refractivity contribution in [2.75, 3.05) is 0 Å². The van der Waals surface area contributed by atoms with Crippen LogP contribution in [0.2, 0.25) is 0 Å². The average Bonchev–Trinajstić information content (AvgIpc) is 2.70. The topological polar surface area (TPSA) is 30.7 Å². The summed E-state index contributed by atoms with van der Waals surface area (Å²) in [5, 5.41) is 8.11. The van der Waals surface area contributed by atoms with Crippen LogP contribution >= 0.6 is 0 Å². The van der Waals surface area contributed by atoms with Crippen molar-refractivity contribution in [1.29, 1.82) is 0 Å². The van der Waals surface area contributed by atoms with Crippen LogP contribution in [0.25, 0.3) is 0 Å². The molecule has 1 aliphatic carbocycles. The van der Waals surface area contributed by atoms with E-state index in [4.69, 9.17) is 7.85 Å². The molecule has 2 unspecified atom stereocenters. The molecule has 104 valence electrons. The van der Waals surface area contributed by atoms with Gasteiger partial charge in [-0.15, -0.1) is 5.10 Å². The molecule has 1 aliphatic rings. The van der Waals surface area contributed by atoms with Gasteiger partial charge in [0.05, 0.1) is 5.69 Å². The third-order valence-corrected chi connectivity index (χ3v) is 4.25. The Bertz CT molecular complexity index is 440. The van der Waals surface area contributed by atoms with Gasteiger partial charge in [0, 0.05) is 6.04 Å². The maximum absolute atomic E-state index is 14.7. The van der Waals surface area contributed by atoms with Crippen molar-refractivity contribution in [3.8, 4) is 0 Å². The molecular formula is C14H23BFN3. The molecule has 0 N–H and O–H groups in total. The molecule has 0 bridgehead atoms. The summed E-state index contributed by atoms with van der Waals surface area (Å²) >= 11 is 0. The second-order valence-electron chi connectivity index (χ2n) is 6.37. The van der Waals surface area contributed by atoms with E-state index in [-0.39, 0.29) is 6.04 Å². The molecule has 0 aromatic carbocycles. The van der Waals surface area contributed by atoms with Crippen molar-refractivity contribution in [3.05, 3.63) is 11.4 Å². The van der Waals surface area contributed by atoms with E-state index in [1.807, 2.05) is 18.5 Å². The van der Waals surface area contributed by atoms with Crippen LogP contribution in [-0.2, 0) is 12.0 Å². The lowest BCUT2D eigenvalue weighted by atomic mass is 9.71. The number of hydrogen-bond donors (Lipinski definition) is 0. The minimum absolute atomic E-state index is 0.184. The summed E-state index contributed by atoms with van der Waals surface area (Å²) in [6.07, 6.45) is 3.02. The average molecular weight is 263 g/mol. The van der Waals surface area contributed by atoms with Gasteiger partial charge in [0.25, 0.3) is 0 Å². The lowest BCUT2D eigenvalue weighted by molar-refractivity contribution is 0.204. The summed E-state index contributed by atoms with van der Waals surface area (Å²) < 4.78 is 16.5. The van der Waals surface area contributed by atoms with Crippen LogP contribution in [0.3, 0.4) is 0 Å². The van der Waals surface area contributed by atoms with Gasteiger partial charge < -0.3 is 0 Å². The highest BCUT2D eigenvalue weighted by Gasteiger charge is 2.36. The summed E-state index contributed by atoms with van der Waals surface area (Å²) in [7, 11) is 5.85. The minimum Gasteiger partial charge on any atom is -0.248 e. The predicted molar refractivity (Wildman–Crippen MR) is 74.8 cm³/mol. The van der Waals surface area contributed by atoms with Crippen LogP contribution in [0, 0.1) is 11.8 Å². The number of alkyl halides is 1. The maximum atomic E-state index is 14.7. The Balaban J connectivity index is 2.37. The van der Waals surface area contributed by atoms with E-state index in [1.54, 1.807) is 0 Å². The van der Waals surface area contributed by atoms with E-state index in [0.717, 1.165) is 25.0 Å². The van der Waals surface area contributed by atoms with Gasteiger partial charge in [-0.3, -0.25) is 0 Å². The van der Waals surface area contributed by atoms with Gasteiger partial charge in [0.2, 0.25) is 0 Å². The number of nitrogens with zero attached hydrogens (tertiary/aromatic N) is 3. The number of rotatable bonds is 2. The summed E-state index contributed by atoms with van der Waals surface area (Å²) in [6, 6.07) is 0.184. The fraction of sp³-hybridized carbons (Fsp3) is 0.857. The zero-order valence-corrected chi connectivity index (χ0v) is 12.4. The van der Waals surface area contributed by atoms with Crippen molar-refractivity contribution in [3.63, 3.8) is 0 Å². The molecule has 3 nitrogen and oxygen atoms in total. The standard InChI is InChI=1S/C14H23BFN3/c1-9(2)11-5-6-12-13(14(15,16)8-7-11)17-18-19(12)10(3)4/h9-11H,5-8H2,1-4H3. The molecule has 1 aromatic rings. The minimum atomic E-state index is -1.84. The van der Waals surface area contributed by atoms with Gasteiger partial charge in [-0.25, -0.2) is 9.07 Å². The molecule has 2 atom stereocenters. The summed E-state index contributed by atoms with van der Waals surface area (Å²) in [5.74, 6) is 1.07. The first-order chi connectivity index (χ1) is 8.83. The van der Waals surface area contributed by atoms with Gasteiger partial charge in [-0.1, -0.05) is 19.1 Å². The molecule has 2 rings (SSSR count). The van der Waals surface area contributed by atoms with Crippen molar-refractivity contribution in [2.45, 2.75) is 65.0 Å². The Morgan fingerprint density at radius 2 is 2.00 bits per heavy atom. The zero-order valence-electron chi connectivity index (χ0n) is 12.4. The van der Waals surface area contributed by atoms with E-state index in [2.05, 4.69) is 24.2 Å². The highest BCUT2D eigenvalue weighted by Crippen LogP contribution is 2.37. The molecule has 0 aliphatic heterocycles. The Kier molecular flexibility index (Phi) is 4.02. The highest BCUT2D eigenvalue weighted by atomic mass is 19.1. The predicted octanol–water partition coefficient (Wildman–Crippen LogP) is 3.15. The summed E-state index contributed by atoms with van der Waals surface area (Å²) in [4.78, 5) is 0. The van der Waals surface area contributed by atoms with Crippen LogP contribution in [0.1, 0.15) is 64.4 Å². The van der Waals surface area contributed by atoms with Crippen molar-refractivity contribution < 1.29 is 4.39 Å².